The molecule has 7 nitrogen and oxygen atoms in total. The van der Waals surface area contributed by atoms with Crippen LogP contribution in [0, 0.1) is 11.8 Å². The number of amides is 2. The molecule has 3 aliphatic rings. The van der Waals surface area contributed by atoms with Crippen molar-refractivity contribution < 1.29 is 9.59 Å². The number of anilines is 1. The van der Waals surface area contributed by atoms with E-state index >= 15 is 0 Å². The Balaban J connectivity index is 1.39. The summed E-state index contributed by atoms with van der Waals surface area (Å²) in [6, 6.07) is 1.99. The average Bonchev–Trinajstić information content (AvgIpc) is 3.38. The van der Waals surface area contributed by atoms with E-state index in [0.717, 1.165) is 19.4 Å². The Labute approximate surface area is 147 Å². The van der Waals surface area contributed by atoms with Crippen molar-refractivity contribution >= 4 is 17.8 Å². The van der Waals surface area contributed by atoms with Crippen LogP contribution >= 0.6 is 0 Å². The van der Waals surface area contributed by atoms with E-state index in [4.69, 9.17) is 0 Å². The largest absolute Gasteiger partial charge is 0.349 e. The molecule has 2 amide bonds. The summed E-state index contributed by atoms with van der Waals surface area (Å²) in [6.45, 7) is 2.38. The molecule has 2 atom stereocenters. The quantitative estimate of drug-likeness (QED) is 0.867. The first-order valence-electron chi connectivity index (χ1n) is 9.30. The summed E-state index contributed by atoms with van der Waals surface area (Å²) in [5.74, 6) is 1.95. The third-order valence-electron chi connectivity index (χ3n) is 5.57. The number of nitrogens with zero attached hydrogens (tertiary/aromatic N) is 4. The Morgan fingerprint density at radius 3 is 2.72 bits per heavy atom. The van der Waals surface area contributed by atoms with Crippen LogP contribution in [0.1, 0.15) is 32.1 Å². The highest BCUT2D eigenvalue weighted by atomic mass is 16.2. The van der Waals surface area contributed by atoms with Gasteiger partial charge in [-0.2, -0.15) is 0 Å². The predicted octanol–water partition coefficient (Wildman–Crippen LogP) is 1.14. The molecule has 7 heteroatoms. The summed E-state index contributed by atoms with van der Waals surface area (Å²) in [6.07, 6.45) is 8.45. The maximum Gasteiger partial charge on any atom is 0.242 e. The number of carbonyl (C=O) groups is 2. The van der Waals surface area contributed by atoms with Crippen LogP contribution < -0.4 is 5.32 Å². The lowest BCUT2D eigenvalue weighted by molar-refractivity contribution is -0.141. The number of hydrogen-bond acceptors (Lipinski definition) is 5. The van der Waals surface area contributed by atoms with Crippen LogP contribution in [0.3, 0.4) is 0 Å². The van der Waals surface area contributed by atoms with E-state index in [-0.39, 0.29) is 24.4 Å². The molecule has 2 saturated heterocycles. The molecule has 3 fully saturated rings. The molecule has 1 saturated carbocycles. The van der Waals surface area contributed by atoms with Gasteiger partial charge in [0.05, 0.1) is 12.6 Å². The van der Waals surface area contributed by atoms with Gasteiger partial charge in [-0.1, -0.05) is 0 Å². The lowest BCUT2D eigenvalue weighted by Crippen LogP contribution is -2.44. The summed E-state index contributed by atoms with van der Waals surface area (Å²) in [5.41, 5.74) is 0. The maximum absolute atomic E-state index is 12.7. The SMILES string of the molecule is O=C1CCCCN1CC(=O)N1C[C@H](Nc2ncccn2)[C@@H](C2CC2)C1. The van der Waals surface area contributed by atoms with E-state index in [1.165, 1.54) is 12.8 Å². The van der Waals surface area contributed by atoms with Gasteiger partial charge in [-0.3, -0.25) is 9.59 Å². The summed E-state index contributed by atoms with van der Waals surface area (Å²) in [7, 11) is 0. The van der Waals surface area contributed by atoms with Gasteiger partial charge in [0.1, 0.15) is 0 Å². The van der Waals surface area contributed by atoms with Crippen LogP contribution in [0.5, 0.6) is 0 Å². The third kappa shape index (κ3) is 3.75. The first-order valence-corrected chi connectivity index (χ1v) is 9.30. The first kappa shape index (κ1) is 16.3. The molecular weight excluding hydrogens is 318 g/mol. The van der Waals surface area contributed by atoms with Gasteiger partial charge >= 0.3 is 0 Å². The average molecular weight is 343 g/mol. The first-order chi connectivity index (χ1) is 12.2. The second-order valence-corrected chi connectivity index (χ2v) is 7.40. The fraction of sp³-hybridized carbons (Fsp3) is 0.667. The van der Waals surface area contributed by atoms with Gasteiger partial charge in [0, 0.05) is 44.4 Å². The minimum Gasteiger partial charge on any atom is -0.349 e. The van der Waals surface area contributed by atoms with Gasteiger partial charge in [0.25, 0.3) is 0 Å². The zero-order valence-electron chi connectivity index (χ0n) is 14.4. The highest BCUT2D eigenvalue weighted by molar-refractivity contribution is 5.85. The lowest BCUT2D eigenvalue weighted by Gasteiger charge is -2.28. The molecule has 134 valence electrons. The molecule has 0 unspecified atom stereocenters. The van der Waals surface area contributed by atoms with Crippen molar-refractivity contribution in [2.75, 3.05) is 31.5 Å². The lowest BCUT2D eigenvalue weighted by atomic mass is 9.98. The molecular formula is C18H25N5O2. The van der Waals surface area contributed by atoms with Crippen molar-refractivity contribution in [2.24, 2.45) is 11.8 Å². The minimum atomic E-state index is 0.0687. The Morgan fingerprint density at radius 2 is 2.00 bits per heavy atom. The van der Waals surface area contributed by atoms with E-state index < -0.39 is 0 Å². The molecule has 0 spiro atoms. The number of likely N-dealkylation sites (tertiary alicyclic amines) is 2. The fourth-order valence-corrected chi connectivity index (χ4v) is 4.02. The van der Waals surface area contributed by atoms with Crippen molar-refractivity contribution in [3.05, 3.63) is 18.5 Å². The van der Waals surface area contributed by atoms with Crippen molar-refractivity contribution in [3.8, 4) is 0 Å². The topological polar surface area (TPSA) is 78.4 Å². The van der Waals surface area contributed by atoms with E-state index in [9.17, 15) is 9.59 Å². The molecule has 0 radical (unpaired) electrons. The van der Waals surface area contributed by atoms with Crippen molar-refractivity contribution in [1.82, 2.24) is 19.8 Å². The number of hydrogen-bond donors (Lipinski definition) is 1. The van der Waals surface area contributed by atoms with Gasteiger partial charge in [0.2, 0.25) is 17.8 Å². The zero-order valence-corrected chi connectivity index (χ0v) is 14.4. The molecule has 1 aliphatic carbocycles. The van der Waals surface area contributed by atoms with Crippen LogP contribution in [0.15, 0.2) is 18.5 Å². The number of nitrogens with one attached hydrogen (secondary N) is 1. The summed E-state index contributed by atoms with van der Waals surface area (Å²) in [5, 5.41) is 3.41. The maximum atomic E-state index is 12.7. The number of rotatable bonds is 5. The molecule has 1 aromatic heterocycles. The molecule has 0 bridgehead atoms. The second kappa shape index (κ2) is 6.98. The molecule has 3 heterocycles. The summed E-state index contributed by atoms with van der Waals surface area (Å²) >= 11 is 0. The van der Waals surface area contributed by atoms with Gasteiger partial charge in [-0.05, 0) is 37.7 Å². The summed E-state index contributed by atoms with van der Waals surface area (Å²) < 4.78 is 0. The number of carbonyl (C=O) groups excluding carboxylic acids is 2. The van der Waals surface area contributed by atoms with E-state index in [1.807, 2.05) is 4.90 Å². The van der Waals surface area contributed by atoms with Crippen LogP contribution in [0.4, 0.5) is 5.95 Å². The molecule has 0 aromatic carbocycles. The van der Waals surface area contributed by atoms with Crippen LogP contribution in [0.25, 0.3) is 0 Å². The molecule has 2 aliphatic heterocycles. The highest BCUT2D eigenvalue weighted by Crippen LogP contribution is 2.42. The summed E-state index contributed by atoms with van der Waals surface area (Å²) in [4.78, 5) is 36.8. The Hall–Kier alpha value is -2.18. The van der Waals surface area contributed by atoms with E-state index in [1.54, 1.807) is 23.4 Å². The monoisotopic (exact) mass is 343 g/mol. The van der Waals surface area contributed by atoms with Crippen LogP contribution in [-0.2, 0) is 9.59 Å². The molecule has 4 rings (SSSR count). The van der Waals surface area contributed by atoms with Crippen LogP contribution in [-0.4, -0.2) is 63.8 Å². The van der Waals surface area contributed by atoms with Crippen molar-refractivity contribution in [2.45, 2.75) is 38.1 Å². The van der Waals surface area contributed by atoms with Gasteiger partial charge in [-0.25, -0.2) is 9.97 Å². The number of piperidine rings is 1. The Kier molecular flexibility index (Phi) is 4.55. The standard InChI is InChI=1S/C18H25N5O2/c24-16-4-1-2-9-22(16)12-17(25)23-10-14(13-5-6-13)15(11-23)21-18-19-7-3-8-20-18/h3,7-8,13-15H,1-2,4-6,9-12H2,(H,19,20,21)/t14-,15+/m1/s1. The predicted molar refractivity (Wildman–Crippen MR) is 92.7 cm³/mol. The smallest absolute Gasteiger partial charge is 0.242 e. The normalized spacial score (nSPS) is 26.8. The Morgan fingerprint density at radius 1 is 1.20 bits per heavy atom. The van der Waals surface area contributed by atoms with Crippen LogP contribution in [0.2, 0.25) is 0 Å². The zero-order chi connectivity index (χ0) is 17.2. The van der Waals surface area contributed by atoms with Gasteiger partial charge in [-0.15, -0.1) is 0 Å². The van der Waals surface area contributed by atoms with Gasteiger partial charge < -0.3 is 15.1 Å². The molecule has 25 heavy (non-hydrogen) atoms. The molecule has 1 aromatic rings. The van der Waals surface area contributed by atoms with Crippen molar-refractivity contribution in [3.63, 3.8) is 0 Å². The number of aromatic nitrogens is 2. The van der Waals surface area contributed by atoms with Crippen molar-refractivity contribution in [1.29, 1.82) is 0 Å². The minimum absolute atomic E-state index is 0.0687. The van der Waals surface area contributed by atoms with E-state index in [0.29, 0.717) is 37.3 Å². The second-order valence-electron chi connectivity index (χ2n) is 7.40. The highest BCUT2D eigenvalue weighted by Gasteiger charge is 2.44. The fourth-order valence-electron chi connectivity index (χ4n) is 4.02. The third-order valence-corrected chi connectivity index (χ3v) is 5.57. The van der Waals surface area contributed by atoms with Gasteiger partial charge in [0.15, 0.2) is 0 Å². The molecule has 1 N–H and O–H groups in total. The Bertz CT molecular complexity index is 634. The van der Waals surface area contributed by atoms with E-state index in [2.05, 4.69) is 15.3 Å².